The van der Waals surface area contributed by atoms with E-state index in [1.165, 1.54) is 0 Å². The van der Waals surface area contributed by atoms with E-state index < -0.39 is 11.9 Å². The van der Waals surface area contributed by atoms with E-state index in [0.29, 0.717) is 6.42 Å². The highest BCUT2D eigenvalue weighted by Gasteiger charge is 2.21. The van der Waals surface area contributed by atoms with Crippen LogP contribution in [-0.4, -0.2) is 11.9 Å². The van der Waals surface area contributed by atoms with Crippen molar-refractivity contribution in [2.24, 2.45) is 5.92 Å². The number of unbranched alkanes of at least 4 members (excludes halogenated alkanes) is 2. The molecule has 0 bridgehead atoms. The van der Waals surface area contributed by atoms with E-state index in [9.17, 15) is 9.59 Å². The van der Waals surface area contributed by atoms with Gasteiger partial charge in [-0.05, 0) is 19.3 Å². The highest BCUT2D eigenvalue weighted by atomic mass is 17.2. The molecular formula is C14H26O4. The molecule has 0 saturated heterocycles. The van der Waals surface area contributed by atoms with Crippen LogP contribution in [0, 0.1) is 5.92 Å². The molecule has 0 aromatic heterocycles. The van der Waals surface area contributed by atoms with Gasteiger partial charge in [0.2, 0.25) is 0 Å². The van der Waals surface area contributed by atoms with Crippen molar-refractivity contribution in [1.82, 2.24) is 0 Å². The largest absolute Gasteiger partial charge is 0.358 e. The van der Waals surface area contributed by atoms with E-state index in [1.807, 2.05) is 13.8 Å². The molecule has 18 heavy (non-hydrogen) atoms. The minimum atomic E-state index is -0.477. The summed E-state index contributed by atoms with van der Waals surface area (Å²) in [5, 5.41) is 0. The fraction of sp³-hybridized carbons (Fsp3) is 0.857. The van der Waals surface area contributed by atoms with Crippen LogP contribution in [0.5, 0.6) is 0 Å². The van der Waals surface area contributed by atoms with Crippen LogP contribution in [0.1, 0.15) is 72.1 Å². The average molecular weight is 258 g/mol. The summed E-state index contributed by atoms with van der Waals surface area (Å²) in [6.07, 6.45) is 6.74. The van der Waals surface area contributed by atoms with Gasteiger partial charge >= 0.3 is 11.9 Å². The summed E-state index contributed by atoms with van der Waals surface area (Å²) < 4.78 is 0. The first-order valence-corrected chi connectivity index (χ1v) is 7.06. The second kappa shape index (κ2) is 11.1. The van der Waals surface area contributed by atoms with Crippen molar-refractivity contribution in [2.45, 2.75) is 72.1 Å². The van der Waals surface area contributed by atoms with Gasteiger partial charge in [0, 0.05) is 6.42 Å². The zero-order valence-corrected chi connectivity index (χ0v) is 11.9. The molecule has 0 fully saturated rings. The van der Waals surface area contributed by atoms with Gasteiger partial charge in [-0.3, -0.25) is 0 Å². The molecule has 0 aromatic carbocycles. The van der Waals surface area contributed by atoms with Crippen molar-refractivity contribution in [3.05, 3.63) is 0 Å². The molecule has 0 aliphatic heterocycles. The van der Waals surface area contributed by atoms with Crippen LogP contribution in [0.3, 0.4) is 0 Å². The summed E-state index contributed by atoms with van der Waals surface area (Å²) in [5.41, 5.74) is 0. The fourth-order valence-electron chi connectivity index (χ4n) is 1.77. The maximum absolute atomic E-state index is 11.7. The van der Waals surface area contributed by atoms with Gasteiger partial charge in [0.15, 0.2) is 0 Å². The number of carbonyl (C=O) groups excluding carboxylic acids is 2. The number of hydrogen-bond acceptors (Lipinski definition) is 4. The monoisotopic (exact) mass is 258 g/mol. The molecule has 0 aliphatic carbocycles. The van der Waals surface area contributed by atoms with Gasteiger partial charge in [0.05, 0.1) is 5.92 Å². The second-order valence-electron chi connectivity index (χ2n) is 4.59. The standard InChI is InChI=1S/C14H26O4/c1-4-7-8-11-12(9-5-2)14(16)18-17-13(15)10-6-3/h12H,4-11H2,1-3H3. The molecule has 4 heteroatoms. The van der Waals surface area contributed by atoms with Crippen LogP contribution in [-0.2, 0) is 19.4 Å². The molecule has 106 valence electrons. The summed E-state index contributed by atoms with van der Waals surface area (Å²) in [6, 6.07) is 0. The molecule has 0 heterocycles. The summed E-state index contributed by atoms with van der Waals surface area (Å²) >= 11 is 0. The van der Waals surface area contributed by atoms with Gasteiger partial charge in [-0.25, -0.2) is 19.4 Å². The van der Waals surface area contributed by atoms with E-state index in [-0.39, 0.29) is 12.3 Å². The van der Waals surface area contributed by atoms with Crippen LogP contribution in [0.15, 0.2) is 0 Å². The molecule has 0 amide bonds. The Balaban J connectivity index is 4.00. The van der Waals surface area contributed by atoms with Crippen molar-refractivity contribution >= 4 is 11.9 Å². The van der Waals surface area contributed by atoms with Crippen LogP contribution >= 0.6 is 0 Å². The van der Waals surface area contributed by atoms with Crippen LogP contribution in [0.2, 0.25) is 0 Å². The first-order chi connectivity index (χ1) is 8.65. The lowest BCUT2D eigenvalue weighted by atomic mass is 9.97. The molecule has 0 saturated carbocycles. The Bertz CT molecular complexity index is 238. The van der Waals surface area contributed by atoms with E-state index in [4.69, 9.17) is 0 Å². The third-order valence-electron chi connectivity index (χ3n) is 2.80. The average Bonchev–Trinajstić information content (AvgIpc) is 2.35. The number of hydrogen-bond donors (Lipinski definition) is 0. The molecule has 0 aliphatic rings. The third kappa shape index (κ3) is 8.09. The lowest BCUT2D eigenvalue weighted by Crippen LogP contribution is -2.20. The molecular weight excluding hydrogens is 232 g/mol. The van der Waals surface area contributed by atoms with Gasteiger partial charge in [0.1, 0.15) is 0 Å². The first kappa shape index (κ1) is 16.9. The van der Waals surface area contributed by atoms with Crippen molar-refractivity contribution < 1.29 is 19.4 Å². The van der Waals surface area contributed by atoms with E-state index >= 15 is 0 Å². The Morgan fingerprint density at radius 3 is 2.17 bits per heavy atom. The van der Waals surface area contributed by atoms with Crippen molar-refractivity contribution in [3.8, 4) is 0 Å². The Labute approximate surface area is 110 Å². The van der Waals surface area contributed by atoms with Crippen molar-refractivity contribution in [3.63, 3.8) is 0 Å². The van der Waals surface area contributed by atoms with Gasteiger partial charge in [-0.1, -0.05) is 46.5 Å². The lowest BCUT2D eigenvalue weighted by molar-refractivity contribution is -0.262. The van der Waals surface area contributed by atoms with Gasteiger partial charge in [-0.15, -0.1) is 0 Å². The zero-order valence-electron chi connectivity index (χ0n) is 11.9. The Kier molecular flexibility index (Phi) is 10.4. The van der Waals surface area contributed by atoms with E-state index in [1.54, 1.807) is 0 Å². The molecule has 0 N–H and O–H groups in total. The first-order valence-electron chi connectivity index (χ1n) is 7.06. The SMILES string of the molecule is CCCCCC(CCC)C(=O)OOC(=O)CCC. The van der Waals surface area contributed by atoms with Crippen molar-refractivity contribution in [1.29, 1.82) is 0 Å². The molecule has 1 atom stereocenters. The molecule has 1 unspecified atom stereocenters. The number of carbonyl (C=O) groups is 2. The highest BCUT2D eigenvalue weighted by molar-refractivity contribution is 5.74. The smallest absolute Gasteiger partial charge is 0.247 e. The summed E-state index contributed by atoms with van der Waals surface area (Å²) in [4.78, 5) is 31.9. The molecule has 0 rings (SSSR count). The summed E-state index contributed by atoms with van der Waals surface area (Å²) in [5.74, 6) is -1.02. The quantitative estimate of drug-likeness (QED) is 0.359. The van der Waals surface area contributed by atoms with Crippen LogP contribution in [0.25, 0.3) is 0 Å². The predicted octanol–water partition coefficient (Wildman–Crippen LogP) is 3.78. The minimum absolute atomic E-state index is 0.143. The summed E-state index contributed by atoms with van der Waals surface area (Å²) in [7, 11) is 0. The van der Waals surface area contributed by atoms with Crippen LogP contribution < -0.4 is 0 Å². The van der Waals surface area contributed by atoms with E-state index in [2.05, 4.69) is 16.7 Å². The maximum Gasteiger partial charge on any atom is 0.358 e. The number of rotatable bonds is 9. The Morgan fingerprint density at radius 2 is 1.61 bits per heavy atom. The predicted molar refractivity (Wildman–Crippen MR) is 69.6 cm³/mol. The normalized spacial score (nSPS) is 11.9. The Hall–Kier alpha value is -1.06. The van der Waals surface area contributed by atoms with Gasteiger partial charge in [0.25, 0.3) is 0 Å². The van der Waals surface area contributed by atoms with Gasteiger partial charge in [-0.2, -0.15) is 0 Å². The van der Waals surface area contributed by atoms with Crippen LogP contribution in [0.4, 0.5) is 0 Å². The van der Waals surface area contributed by atoms with E-state index in [0.717, 1.165) is 38.5 Å². The molecule has 0 aromatic rings. The van der Waals surface area contributed by atoms with Crippen molar-refractivity contribution in [2.75, 3.05) is 0 Å². The minimum Gasteiger partial charge on any atom is -0.247 e. The van der Waals surface area contributed by atoms with Gasteiger partial charge < -0.3 is 0 Å². The third-order valence-corrected chi connectivity index (χ3v) is 2.80. The molecule has 4 nitrogen and oxygen atoms in total. The Morgan fingerprint density at radius 1 is 0.889 bits per heavy atom. The second-order valence-corrected chi connectivity index (χ2v) is 4.59. The molecule has 0 spiro atoms. The topological polar surface area (TPSA) is 52.6 Å². The lowest BCUT2D eigenvalue weighted by Gasteiger charge is -2.13. The molecule has 0 radical (unpaired) electrons. The maximum atomic E-state index is 11.7. The fourth-order valence-corrected chi connectivity index (χ4v) is 1.77. The zero-order chi connectivity index (χ0) is 13.8. The summed E-state index contributed by atoms with van der Waals surface area (Å²) in [6.45, 7) is 6.02. The highest BCUT2D eigenvalue weighted by Crippen LogP contribution is 2.17.